The average Bonchev–Trinajstić information content (AvgIpc) is 3.82. The Morgan fingerprint density at radius 1 is 1.00 bits per heavy atom. The third-order valence-electron chi connectivity index (χ3n) is 19.0. The predicted octanol–water partition coefficient (Wildman–Crippen LogP) is 7.26. The van der Waals surface area contributed by atoms with E-state index in [2.05, 4.69) is 81.7 Å². The molecule has 2 amide bonds. The highest BCUT2D eigenvalue weighted by molar-refractivity contribution is 7.10. The minimum absolute atomic E-state index is 0.0283. The molecule has 3 aromatic heterocycles. The molecule has 4 aromatic rings. The van der Waals surface area contributed by atoms with Crippen LogP contribution < -0.4 is 10.7 Å². The summed E-state index contributed by atoms with van der Waals surface area (Å²) in [7, 11) is 1.76. The topological polar surface area (TPSA) is 171 Å². The Morgan fingerprint density at radius 2 is 1.79 bits per heavy atom. The lowest BCUT2D eigenvalue weighted by atomic mass is 9.72. The Hall–Kier alpha value is -4.37. The highest BCUT2D eigenvalue weighted by atomic mass is 32.1. The molecular weight excluding hydrogens is 997 g/mol. The number of pyridine rings is 1. The van der Waals surface area contributed by atoms with Gasteiger partial charge in [0.15, 0.2) is 0 Å². The van der Waals surface area contributed by atoms with E-state index in [4.69, 9.17) is 38.4 Å². The zero-order chi connectivity index (χ0) is 52.8. The number of aromatic nitrogens is 3. The number of ether oxygens (including phenoxy) is 6. The zero-order valence-corrected chi connectivity index (χ0v) is 46.5. The fourth-order valence-corrected chi connectivity index (χ4v) is 15.1. The number of hydrazine groups is 1. The average molecular weight is 1080 g/mol. The molecule has 2 N–H and O–H groups in total. The number of fused-ring (bicyclic) bond motifs is 7. The number of esters is 1. The second-order valence-corrected chi connectivity index (χ2v) is 25.8. The molecule has 9 fully saturated rings. The Morgan fingerprint density at radius 3 is 2.51 bits per heavy atom. The molecule has 8 aliphatic heterocycles. The van der Waals surface area contributed by atoms with E-state index in [0.29, 0.717) is 96.5 Å². The molecule has 414 valence electrons. The van der Waals surface area contributed by atoms with E-state index in [1.165, 1.54) is 29.7 Å². The van der Waals surface area contributed by atoms with Crippen molar-refractivity contribution in [2.24, 2.45) is 11.3 Å². The van der Waals surface area contributed by atoms with Crippen molar-refractivity contribution in [3.63, 3.8) is 0 Å². The summed E-state index contributed by atoms with van der Waals surface area (Å²) in [6, 6.07) is 7.42. The summed E-state index contributed by atoms with van der Waals surface area (Å²) in [4.78, 5) is 60.1. The number of nitrogens with one attached hydrogen (secondary N) is 2. The molecule has 2 aliphatic carbocycles. The van der Waals surface area contributed by atoms with Crippen LogP contribution in [-0.2, 0) is 55.8 Å². The van der Waals surface area contributed by atoms with Gasteiger partial charge in [-0.05, 0) is 139 Å². The van der Waals surface area contributed by atoms with E-state index in [1.807, 2.05) is 6.92 Å². The van der Waals surface area contributed by atoms with Crippen LogP contribution in [0.1, 0.15) is 138 Å². The van der Waals surface area contributed by atoms with Crippen LogP contribution >= 0.6 is 11.3 Å². The van der Waals surface area contributed by atoms with Crippen molar-refractivity contribution < 1.29 is 42.8 Å². The minimum atomic E-state index is -1.04. The second-order valence-electron chi connectivity index (χ2n) is 24.9. The molecule has 11 heterocycles. The number of rotatable bonds is 12. The molecule has 18 heteroatoms. The third-order valence-corrected chi connectivity index (χ3v) is 19.9. The van der Waals surface area contributed by atoms with Crippen LogP contribution in [0.4, 0.5) is 0 Å². The van der Waals surface area contributed by atoms with Crippen LogP contribution in [0.25, 0.3) is 33.4 Å². The van der Waals surface area contributed by atoms with Crippen molar-refractivity contribution >= 4 is 40.0 Å². The van der Waals surface area contributed by atoms with Crippen molar-refractivity contribution in [1.82, 2.24) is 40.1 Å². The van der Waals surface area contributed by atoms with Gasteiger partial charge in [-0.2, -0.15) is 0 Å². The van der Waals surface area contributed by atoms with Gasteiger partial charge in [0.1, 0.15) is 22.7 Å². The van der Waals surface area contributed by atoms with Crippen LogP contribution in [0, 0.1) is 11.3 Å². The summed E-state index contributed by atoms with van der Waals surface area (Å²) < 4.78 is 39.9. The first-order chi connectivity index (χ1) is 37.3. The lowest BCUT2D eigenvalue weighted by Gasteiger charge is -2.58. The molecule has 0 radical (unpaired) electrons. The highest BCUT2D eigenvalue weighted by Crippen LogP contribution is 2.53. The number of benzene rings is 1. The maximum atomic E-state index is 15.3. The quantitative estimate of drug-likeness (QED) is 0.136. The van der Waals surface area contributed by atoms with Crippen molar-refractivity contribution in [3.8, 4) is 22.5 Å². The smallest absolute Gasteiger partial charge is 0.324 e. The van der Waals surface area contributed by atoms with Crippen molar-refractivity contribution in [3.05, 3.63) is 57.7 Å². The molecule has 5 atom stereocenters. The van der Waals surface area contributed by atoms with Gasteiger partial charge in [0.2, 0.25) is 0 Å². The first kappa shape index (κ1) is 52.0. The molecule has 1 spiro atoms. The SMILES string of the molecule is CO[C@@H](C)c1ncc(C2CCN(C3CC3)CC2)cc1-c1c2c3cc(ccc3n1CCOC1CCOCC1)-c1csc(n1)[C@@H](N1CC3(CCO3)C1)[C@H](NC(=O)C13CC(C1)[C@H](C)O3)C(=O)N1CCC[C@H](N1)C(=O)OCC(C)(C)C2. The van der Waals surface area contributed by atoms with E-state index in [1.54, 1.807) is 12.1 Å². The summed E-state index contributed by atoms with van der Waals surface area (Å²) in [6.45, 7) is 15.6. The molecule has 7 saturated heterocycles. The number of nitrogens with zero attached hydrogens (tertiary/aromatic N) is 6. The van der Waals surface area contributed by atoms with E-state index in [9.17, 15) is 9.59 Å². The van der Waals surface area contributed by atoms with Crippen molar-refractivity contribution in [2.75, 3.05) is 72.9 Å². The van der Waals surface area contributed by atoms with Crippen molar-refractivity contribution in [2.45, 2.75) is 171 Å². The Bertz CT molecular complexity index is 2870. The molecular formula is C59H78N8O9S. The standard InChI is InChI=1S/C59H78N8O9S/c1-35-40-27-59(28-40,76-35)56(70)62-50-52(65-32-58(33-65)16-23-75-58)53-61-47(31-77-53)38-8-11-48-43(25-38)45(29-57(3,4)34-74-55(69)46-7-6-17-67(63-46)54(50)68)51(66(48)20-24-73-42-14-21-72-22-15-42)44-26-39(30-60-49(44)36(2)71-5)37-12-18-64(19-13-37)41-9-10-41/h8,11,25-26,30-31,35-37,40-42,46,50,52,63H,6-7,9-10,12-24,27-29,32-34H2,1-5H3,(H,62,70)/t35-,36-,40?,46-,50-,52-,59?/m0/s1. The number of methoxy groups -OCH3 is 1. The summed E-state index contributed by atoms with van der Waals surface area (Å²) in [6.07, 6.45) is 12.3. The van der Waals surface area contributed by atoms with Gasteiger partial charge < -0.3 is 43.2 Å². The second kappa shape index (κ2) is 20.6. The molecule has 77 heavy (non-hydrogen) atoms. The molecule has 14 rings (SSSR count). The number of carbonyl (C=O) groups excluding carboxylic acids is 3. The maximum absolute atomic E-state index is 15.3. The number of thiazole rings is 1. The summed E-state index contributed by atoms with van der Waals surface area (Å²) >= 11 is 1.51. The number of piperidine rings is 1. The molecule has 1 aromatic carbocycles. The first-order valence-electron chi connectivity index (χ1n) is 28.9. The molecule has 10 aliphatic rings. The Labute approximate surface area is 456 Å². The predicted molar refractivity (Wildman–Crippen MR) is 290 cm³/mol. The number of amides is 2. The van der Waals surface area contributed by atoms with Crippen molar-refractivity contribution in [1.29, 1.82) is 0 Å². The van der Waals surface area contributed by atoms with Crippen LogP contribution in [0.2, 0.25) is 0 Å². The fourth-order valence-electron chi connectivity index (χ4n) is 14.1. The number of cyclic esters (lactones) is 1. The van der Waals surface area contributed by atoms with Crippen LogP contribution in [0.15, 0.2) is 35.8 Å². The van der Waals surface area contributed by atoms with Gasteiger partial charge >= 0.3 is 5.97 Å². The minimum Gasteiger partial charge on any atom is -0.464 e. The van der Waals surface area contributed by atoms with Crippen LogP contribution in [0.5, 0.6) is 0 Å². The summed E-state index contributed by atoms with van der Waals surface area (Å²) in [5, 5.41) is 8.73. The van der Waals surface area contributed by atoms with Crippen LogP contribution in [0.3, 0.4) is 0 Å². The van der Waals surface area contributed by atoms with E-state index >= 15 is 4.79 Å². The summed E-state index contributed by atoms with van der Waals surface area (Å²) in [5.74, 6) is -0.296. The largest absolute Gasteiger partial charge is 0.464 e. The normalized spacial score (nSPS) is 30.4. The van der Waals surface area contributed by atoms with Gasteiger partial charge in [0.25, 0.3) is 11.8 Å². The zero-order valence-electron chi connectivity index (χ0n) is 45.7. The third kappa shape index (κ3) is 9.86. The summed E-state index contributed by atoms with van der Waals surface area (Å²) in [5.41, 5.74) is 9.72. The number of carbonyl (C=O) groups is 3. The Kier molecular flexibility index (Phi) is 13.9. The lowest BCUT2D eigenvalue weighted by molar-refractivity contribution is -0.232. The molecule has 2 saturated carbocycles. The van der Waals surface area contributed by atoms with E-state index in [-0.39, 0.29) is 42.3 Å². The maximum Gasteiger partial charge on any atom is 0.324 e. The first-order valence-corrected chi connectivity index (χ1v) is 29.8. The molecule has 17 nitrogen and oxygen atoms in total. The monoisotopic (exact) mass is 1070 g/mol. The van der Waals surface area contributed by atoms with Gasteiger partial charge in [-0.1, -0.05) is 19.9 Å². The Balaban J connectivity index is 0.949. The lowest BCUT2D eigenvalue weighted by Crippen LogP contribution is -2.72. The molecule has 8 bridgehead atoms. The van der Waals surface area contributed by atoms with E-state index < -0.39 is 35.1 Å². The van der Waals surface area contributed by atoms with Gasteiger partial charge in [0, 0.05) is 98.0 Å². The number of likely N-dealkylation sites (tertiary alicyclic amines) is 2. The fraction of sp³-hybridized carbons (Fsp3) is 0.678. The van der Waals surface area contributed by atoms with Gasteiger partial charge in [-0.3, -0.25) is 29.3 Å². The number of hydrogen-bond donors (Lipinski definition) is 2. The van der Waals surface area contributed by atoms with Gasteiger partial charge in [-0.15, -0.1) is 11.3 Å². The van der Waals surface area contributed by atoms with Gasteiger partial charge in [-0.25, -0.2) is 10.4 Å². The highest BCUT2D eigenvalue weighted by Gasteiger charge is 2.62. The number of hydrogen-bond acceptors (Lipinski definition) is 15. The van der Waals surface area contributed by atoms with Crippen LogP contribution in [-0.4, -0.2) is 162 Å². The molecule has 0 unspecified atom stereocenters. The van der Waals surface area contributed by atoms with Gasteiger partial charge in [0.05, 0.1) is 66.9 Å². The van der Waals surface area contributed by atoms with E-state index in [0.717, 1.165) is 101 Å².